The molecule has 1 radical (unpaired) electrons. The lowest BCUT2D eigenvalue weighted by Gasteiger charge is -2.33. The molecule has 1 aliphatic rings. The molecule has 1 aromatic rings. The Balaban J connectivity index is 2.13. The van der Waals surface area contributed by atoms with Crippen molar-refractivity contribution in [2.45, 2.75) is 13.0 Å². The topological polar surface area (TPSA) is 45.2 Å². The van der Waals surface area contributed by atoms with Crippen LogP contribution in [0.5, 0.6) is 0 Å². The van der Waals surface area contributed by atoms with Crippen LogP contribution in [0.25, 0.3) is 0 Å². The van der Waals surface area contributed by atoms with Gasteiger partial charge in [-0.1, -0.05) is 0 Å². The Morgan fingerprint density at radius 3 is 3.27 bits per heavy atom. The number of piperazine rings is 1. The highest BCUT2D eigenvalue weighted by molar-refractivity contribution is 5.93. The maximum Gasteiger partial charge on any atom is 0.256 e. The molecule has 0 saturated carbocycles. The first-order valence-electron chi connectivity index (χ1n) is 5.13. The normalized spacial score (nSPS) is 21.4. The van der Waals surface area contributed by atoms with Crippen molar-refractivity contribution in [1.82, 2.24) is 15.2 Å². The summed E-state index contributed by atoms with van der Waals surface area (Å²) in [5.41, 5.74) is 0.547. The lowest BCUT2D eigenvalue weighted by molar-refractivity contribution is 0.0655. The van der Waals surface area contributed by atoms with Gasteiger partial charge in [0.1, 0.15) is 6.20 Å². The Labute approximate surface area is 89.3 Å². The predicted octanol–water partition coefficient (Wildman–Crippen LogP) is 0.316. The van der Waals surface area contributed by atoms with Crippen molar-refractivity contribution in [1.29, 1.82) is 0 Å². The zero-order valence-electron chi connectivity index (χ0n) is 8.73. The smallest absolute Gasteiger partial charge is 0.256 e. The minimum absolute atomic E-state index is 0.0251. The molecule has 15 heavy (non-hydrogen) atoms. The van der Waals surface area contributed by atoms with Gasteiger partial charge in [0.05, 0.1) is 5.56 Å². The third kappa shape index (κ3) is 2.15. The number of amides is 1. The van der Waals surface area contributed by atoms with Crippen LogP contribution in [0, 0.1) is 6.20 Å². The van der Waals surface area contributed by atoms with Gasteiger partial charge in [0.25, 0.3) is 5.91 Å². The Morgan fingerprint density at radius 1 is 1.73 bits per heavy atom. The summed E-state index contributed by atoms with van der Waals surface area (Å²) in [5.74, 6) is 0.0251. The monoisotopic (exact) mass is 204 g/mol. The summed E-state index contributed by atoms with van der Waals surface area (Å²) in [6, 6.07) is 3.75. The number of nitrogens with zero attached hydrogens (tertiary/aromatic N) is 2. The van der Waals surface area contributed by atoms with Gasteiger partial charge in [-0.05, 0) is 19.1 Å². The average Bonchev–Trinajstić information content (AvgIpc) is 2.30. The number of hydrogen-bond donors (Lipinski definition) is 1. The third-order valence-corrected chi connectivity index (χ3v) is 2.60. The molecular formula is C11H14N3O. The predicted molar refractivity (Wildman–Crippen MR) is 56.4 cm³/mol. The summed E-state index contributed by atoms with van der Waals surface area (Å²) < 4.78 is 0. The average molecular weight is 204 g/mol. The second kappa shape index (κ2) is 4.40. The minimum atomic E-state index is 0.0251. The fourth-order valence-electron chi connectivity index (χ4n) is 1.74. The highest BCUT2D eigenvalue weighted by Gasteiger charge is 2.23. The molecule has 1 amide bonds. The van der Waals surface area contributed by atoms with Crippen molar-refractivity contribution in [3.05, 3.63) is 30.1 Å². The zero-order chi connectivity index (χ0) is 10.7. The van der Waals surface area contributed by atoms with Crippen LogP contribution in [-0.4, -0.2) is 41.5 Å². The lowest BCUT2D eigenvalue weighted by atomic mass is 10.1. The molecule has 0 aliphatic carbocycles. The summed E-state index contributed by atoms with van der Waals surface area (Å²) in [4.78, 5) is 17.7. The Morgan fingerprint density at radius 2 is 2.60 bits per heavy atom. The number of pyridine rings is 1. The molecule has 1 N–H and O–H groups in total. The molecule has 1 atom stereocenters. The van der Waals surface area contributed by atoms with E-state index in [9.17, 15) is 4.79 Å². The molecule has 1 aliphatic heterocycles. The molecule has 2 rings (SSSR count). The Hall–Kier alpha value is -1.42. The highest BCUT2D eigenvalue weighted by Crippen LogP contribution is 2.08. The molecule has 1 fully saturated rings. The van der Waals surface area contributed by atoms with Crippen LogP contribution >= 0.6 is 0 Å². The van der Waals surface area contributed by atoms with Crippen LogP contribution < -0.4 is 5.32 Å². The van der Waals surface area contributed by atoms with Gasteiger partial charge in [-0.15, -0.1) is 0 Å². The summed E-state index contributed by atoms with van der Waals surface area (Å²) in [6.45, 7) is 4.51. The lowest BCUT2D eigenvalue weighted by Crippen LogP contribution is -2.52. The summed E-state index contributed by atoms with van der Waals surface area (Å²) in [7, 11) is 0. The van der Waals surface area contributed by atoms with Gasteiger partial charge in [0.2, 0.25) is 0 Å². The van der Waals surface area contributed by atoms with Gasteiger partial charge in [-0.2, -0.15) is 0 Å². The van der Waals surface area contributed by atoms with E-state index in [4.69, 9.17) is 0 Å². The molecule has 4 nitrogen and oxygen atoms in total. The number of hydrogen-bond acceptors (Lipinski definition) is 3. The van der Waals surface area contributed by atoms with E-state index in [0.29, 0.717) is 5.56 Å². The van der Waals surface area contributed by atoms with Gasteiger partial charge in [0.15, 0.2) is 0 Å². The molecule has 1 aromatic heterocycles. The van der Waals surface area contributed by atoms with Gasteiger partial charge in [-0.3, -0.25) is 9.78 Å². The first-order chi connectivity index (χ1) is 7.29. The molecule has 2 heterocycles. The summed E-state index contributed by atoms with van der Waals surface area (Å²) in [5, 5.41) is 3.25. The van der Waals surface area contributed by atoms with Gasteiger partial charge in [-0.25, -0.2) is 0 Å². The van der Waals surface area contributed by atoms with Crippen LogP contribution in [0.1, 0.15) is 17.3 Å². The van der Waals surface area contributed by atoms with Crippen molar-refractivity contribution in [2.24, 2.45) is 0 Å². The van der Waals surface area contributed by atoms with Crippen molar-refractivity contribution in [3.8, 4) is 0 Å². The Kier molecular flexibility index (Phi) is 2.97. The largest absolute Gasteiger partial charge is 0.333 e. The van der Waals surface area contributed by atoms with Crippen LogP contribution in [0.3, 0.4) is 0 Å². The van der Waals surface area contributed by atoms with E-state index >= 15 is 0 Å². The molecule has 1 saturated heterocycles. The minimum Gasteiger partial charge on any atom is -0.333 e. The van der Waals surface area contributed by atoms with Crippen molar-refractivity contribution in [2.75, 3.05) is 19.6 Å². The SMILES string of the molecule is CC1CNCCN1C(=O)c1[c]nccc1. The number of nitrogens with one attached hydrogen (secondary N) is 1. The van der Waals surface area contributed by atoms with E-state index in [1.165, 1.54) is 0 Å². The molecular weight excluding hydrogens is 190 g/mol. The van der Waals surface area contributed by atoms with Crippen LogP contribution in [-0.2, 0) is 0 Å². The van der Waals surface area contributed by atoms with E-state index in [1.54, 1.807) is 18.3 Å². The van der Waals surface area contributed by atoms with Crippen LogP contribution in [0.4, 0.5) is 0 Å². The standard InChI is InChI=1S/C11H14N3O/c1-9-7-13-5-6-14(9)11(15)10-3-2-4-12-8-10/h2-4,9,13H,5-7H2,1H3. The number of carbonyl (C=O) groups is 1. The fourth-order valence-corrected chi connectivity index (χ4v) is 1.74. The molecule has 0 spiro atoms. The van der Waals surface area contributed by atoms with Crippen LogP contribution in [0.2, 0.25) is 0 Å². The van der Waals surface area contributed by atoms with Gasteiger partial charge >= 0.3 is 0 Å². The summed E-state index contributed by atoms with van der Waals surface area (Å²) >= 11 is 0. The highest BCUT2D eigenvalue weighted by atomic mass is 16.2. The fraction of sp³-hybridized carbons (Fsp3) is 0.455. The maximum absolute atomic E-state index is 12.0. The maximum atomic E-state index is 12.0. The molecule has 1 unspecified atom stereocenters. The Bertz CT molecular complexity index is 339. The van der Waals surface area contributed by atoms with E-state index < -0.39 is 0 Å². The second-order valence-electron chi connectivity index (χ2n) is 3.71. The number of rotatable bonds is 1. The van der Waals surface area contributed by atoms with E-state index in [0.717, 1.165) is 19.6 Å². The molecule has 79 valence electrons. The second-order valence-corrected chi connectivity index (χ2v) is 3.71. The molecule has 0 aromatic carbocycles. The zero-order valence-corrected chi connectivity index (χ0v) is 8.73. The van der Waals surface area contributed by atoms with Gasteiger partial charge < -0.3 is 10.2 Å². The number of carbonyl (C=O) groups excluding carboxylic acids is 1. The first kappa shape index (κ1) is 10.1. The number of aromatic nitrogens is 1. The van der Waals surface area contributed by atoms with E-state index in [-0.39, 0.29) is 11.9 Å². The quantitative estimate of drug-likeness (QED) is 0.716. The van der Waals surface area contributed by atoms with Crippen molar-refractivity contribution >= 4 is 5.91 Å². The van der Waals surface area contributed by atoms with Gasteiger partial charge in [0, 0.05) is 31.9 Å². The molecule has 4 heteroatoms. The first-order valence-corrected chi connectivity index (χ1v) is 5.13. The summed E-state index contributed by atoms with van der Waals surface area (Å²) in [6.07, 6.45) is 4.35. The third-order valence-electron chi connectivity index (χ3n) is 2.60. The van der Waals surface area contributed by atoms with E-state index in [2.05, 4.69) is 16.5 Å². The molecule has 0 bridgehead atoms. The van der Waals surface area contributed by atoms with Crippen LogP contribution in [0.15, 0.2) is 18.3 Å². The van der Waals surface area contributed by atoms with Crippen molar-refractivity contribution < 1.29 is 4.79 Å². The van der Waals surface area contributed by atoms with Crippen molar-refractivity contribution in [3.63, 3.8) is 0 Å². The van der Waals surface area contributed by atoms with E-state index in [1.807, 2.05) is 11.8 Å².